The molecular weight excluding hydrogens is 264 g/mol. The Bertz CT molecular complexity index is 545. The van der Waals surface area contributed by atoms with Gasteiger partial charge in [0.05, 0.1) is 12.2 Å². The average Bonchev–Trinajstić information content (AvgIpc) is 2.91. The van der Waals surface area contributed by atoms with E-state index in [2.05, 4.69) is 29.1 Å². The zero-order valence-corrected chi connectivity index (χ0v) is 12.4. The van der Waals surface area contributed by atoms with E-state index in [1.807, 2.05) is 18.2 Å². The van der Waals surface area contributed by atoms with Gasteiger partial charge in [-0.3, -0.25) is 4.79 Å². The van der Waals surface area contributed by atoms with E-state index < -0.39 is 0 Å². The Kier molecular flexibility index (Phi) is 5.79. The number of nitrogens with zero attached hydrogens (tertiary/aromatic N) is 1. The van der Waals surface area contributed by atoms with Crippen LogP contribution in [0.4, 0.5) is 0 Å². The molecule has 1 atom stereocenters. The third-order valence-corrected chi connectivity index (χ3v) is 3.80. The normalized spacial score (nSPS) is 18.1. The molecule has 0 aliphatic carbocycles. The maximum atomic E-state index is 12.3. The number of likely N-dealkylation sites (N-methyl/N-ethyl adjacent to an activating group) is 1. The first-order valence-corrected chi connectivity index (χ1v) is 7.39. The number of hydrogen-bond donors (Lipinski definition) is 2. The van der Waals surface area contributed by atoms with E-state index in [1.54, 1.807) is 6.07 Å². The molecule has 1 amide bonds. The van der Waals surface area contributed by atoms with Gasteiger partial charge >= 0.3 is 0 Å². The van der Waals surface area contributed by atoms with Crippen LogP contribution in [0.15, 0.2) is 24.3 Å². The summed E-state index contributed by atoms with van der Waals surface area (Å²) in [5.41, 5.74) is 1.31. The number of benzene rings is 1. The lowest BCUT2D eigenvalue weighted by Crippen LogP contribution is -2.38. The van der Waals surface area contributed by atoms with Crippen LogP contribution >= 0.6 is 0 Å². The standard InChI is InChI=1S/C17H22N2O2/c1-19-11-6-9-15(19)13-18-17(21)16-10-3-2-7-14(16)8-4-5-12-20/h2-3,7,10,15,20H,5-6,9,11-13H2,1H3,(H,18,21). The smallest absolute Gasteiger partial charge is 0.252 e. The molecule has 112 valence electrons. The molecule has 1 aliphatic heterocycles. The molecule has 0 spiro atoms. The van der Waals surface area contributed by atoms with Gasteiger partial charge in [0.15, 0.2) is 0 Å². The number of aliphatic hydroxyl groups is 1. The molecule has 0 saturated carbocycles. The summed E-state index contributed by atoms with van der Waals surface area (Å²) in [5.74, 6) is 5.73. The molecule has 1 heterocycles. The van der Waals surface area contributed by atoms with E-state index in [4.69, 9.17) is 5.11 Å². The van der Waals surface area contributed by atoms with Gasteiger partial charge in [0, 0.05) is 24.6 Å². The predicted molar refractivity (Wildman–Crippen MR) is 83.0 cm³/mol. The van der Waals surface area contributed by atoms with E-state index in [0.29, 0.717) is 30.1 Å². The highest BCUT2D eigenvalue weighted by atomic mass is 16.2. The van der Waals surface area contributed by atoms with Crippen molar-refractivity contribution in [3.8, 4) is 11.8 Å². The van der Waals surface area contributed by atoms with Crippen molar-refractivity contribution in [3.63, 3.8) is 0 Å². The summed E-state index contributed by atoms with van der Waals surface area (Å²) >= 11 is 0. The zero-order chi connectivity index (χ0) is 15.1. The summed E-state index contributed by atoms with van der Waals surface area (Å²) in [6.45, 7) is 1.81. The maximum Gasteiger partial charge on any atom is 0.252 e. The quantitative estimate of drug-likeness (QED) is 0.819. The molecule has 4 nitrogen and oxygen atoms in total. The summed E-state index contributed by atoms with van der Waals surface area (Å²) in [7, 11) is 2.10. The van der Waals surface area contributed by atoms with Crippen molar-refractivity contribution in [1.82, 2.24) is 10.2 Å². The molecule has 1 aromatic rings. The van der Waals surface area contributed by atoms with Crippen molar-refractivity contribution < 1.29 is 9.90 Å². The van der Waals surface area contributed by atoms with Gasteiger partial charge in [0.25, 0.3) is 5.91 Å². The largest absolute Gasteiger partial charge is 0.395 e. The molecule has 1 fully saturated rings. The van der Waals surface area contributed by atoms with Crippen molar-refractivity contribution in [2.45, 2.75) is 25.3 Å². The van der Waals surface area contributed by atoms with E-state index >= 15 is 0 Å². The molecule has 1 aliphatic rings. The van der Waals surface area contributed by atoms with Crippen LogP contribution in [0.2, 0.25) is 0 Å². The summed E-state index contributed by atoms with van der Waals surface area (Å²) in [6, 6.07) is 7.76. The highest BCUT2D eigenvalue weighted by molar-refractivity contribution is 5.96. The van der Waals surface area contributed by atoms with Crippen molar-refractivity contribution >= 4 is 5.91 Å². The van der Waals surface area contributed by atoms with Gasteiger partial charge in [-0.1, -0.05) is 24.0 Å². The molecule has 21 heavy (non-hydrogen) atoms. The van der Waals surface area contributed by atoms with Crippen molar-refractivity contribution in [2.24, 2.45) is 0 Å². The van der Waals surface area contributed by atoms with Gasteiger partial charge in [-0.2, -0.15) is 0 Å². The lowest BCUT2D eigenvalue weighted by molar-refractivity contribution is 0.0943. The van der Waals surface area contributed by atoms with Gasteiger partial charge in [0.1, 0.15) is 0 Å². The van der Waals surface area contributed by atoms with Crippen molar-refractivity contribution in [1.29, 1.82) is 0 Å². The molecule has 1 saturated heterocycles. The van der Waals surface area contributed by atoms with Crippen LogP contribution in [-0.2, 0) is 0 Å². The van der Waals surface area contributed by atoms with Crippen molar-refractivity contribution in [2.75, 3.05) is 26.7 Å². The lowest BCUT2D eigenvalue weighted by Gasteiger charge is -2.19. The van der Waals surface area contributed by atoms with Crippen LogP contribution in [0.25, 0.3) is 0 Å². The van der Waals surface area contributed by atoms with Gasteiger partial charge in [0.2, 0.25) is 0 Å². The second-order valence-corrected chi connectivity index (χ2v) is 5.31. The molecule has 0 bridgehead atoms. The van der Waals surface area contributed by atoms with Crippen LogP contribution in [0.1, 0.15) is 35.2 Å². The predicted octanol–water partition coefficient (Wildman–Crippen LogP) is 1.24. The molecule has 0 aromatic heterocycles. The Morgan fingerprint density at radius 3 is 3.00 bits per heavy atom. The average molecular weight is 286 g/mol. The van der Waals surface area contributed by atoms with E-state index in [0.717, 1.165) is 13.0 Å². The number of carbonyl (C=O) groups excluding carboxylic acids is 1. The monoisotopic (exact) mass is 286 g/mol. The summed E-state index contributed by atoms with van der Waals surface area (Å²) in [5, 5.41) is 11.8. The third kappa shape index (κ3) is 4.32. The number of nitrogens with one attached hydrogen (secondary N) is 1. The first kappa shape index (κ1) is 15.6. The number of aliphatic hydroxyl groups excluding tert-OH is 1. The fourth-order valence-electron chi connectivity index (χ4n) is 2.55. The number of amides is 1. The SMILES string of the molecule is CN1CCCC1CNC(=O)c1ccccc1C#CCCO. The Morgan fingerprint density at radius 1 is 1.48 bits per heavy atom. The van der Waals surface area contributed by atoms with Crippen molar-refractivity contribution in [3.05, 3.63) is 35.4 Å². The first-order chi connectivity index (χ1) is 10.2. The Labute approximate surface area is 126 Å². The van der Waals surface area contributed by atoms with E-state index in [9.17, 15) is 4.79 Å². The van der Waals surface area contributed by atoms with Gasteiger partial charge in [-0.25, -0.2) is 0 Å². The van der Waals surface area contributed by atoms with Gasteiger partial charge < -0.3 is 15.3 Å². The highest BCUT2D eigenvalue weighted by Crippen LogP contribution is 2.14. The number of hydrogen-bond acceptors (Lipinski definition) is 3. The van der Waals surface area contributed by atoms with Crippen LogP contribution in [-0.4, -0.2) is 48.7 Å². The van der Waals surface area contributed by atoms with Gasteiger partial charge in [-0.05, 0) is 38.6 Å². The molecular formula is C17H22N2O2. The maximum absolute atomic E-state index is 12.3. The summed E-state index contributed by atoms with van der Waals surface area (Å²) in [4.78, 5) is 14.6. The molecule has 2 N–H and O–H groups in total. The minimum Gasteiger partial charge on any atom is -0.395 e. The third-order valence-electron chi connectivity index (χ3n) is 3.80. The topological polar surface area (TPSA) is 52.6 Å². The van der Waals surface area contributed by atoms with E-state index in [1.165, 1.54) is 6.42 Å². The van der Waals surface area contributed by atoms with Crippen LogP contribution in [0, 0.1) is 11.8 Å². The molecule has 1 aromatic carbocycles. The molecule has 0 radical (unpaired) electrons. The highest BCUT2D eigenvalue weighted by Gasteiger charge is 2.21. The Hall–Kier alpha value is -1.83. The number of likely N-dealkylation sites (tertiary alicyclic amines) is 1. The molecule has 2 rings (SSSR count). The van der Waals surface area contributed by atoms with Crippen LogP contribution < -0.4 is 5.32 Å². The summed E-state index contributed by atoms with van der Waals surface area (Å²) in [6.07, 6.45) is 2.75. The second-order valence-electron chi connectivity index (χ2n) is 5.31. The second kappa shape index (κ2) is 7.82. The first-order valence-electron chi connectivity index (χ1n) is 7.39. The lowest BCUT2D eigenvalue weighted by atomic mass is 10.1. The number of rotatable bonds is 4. The van der Waals surface area contributed by atoms with Crippen LogP contribution in [0.3, 0.4) is 0 Å². The zero-order valence-electron chi connectivity index (χ0n) is 12.4. The molecule has 1 unspecified atom stereocenters. The Balaban J connectivity index is 2.00. The van der Waals surface area contributed by atoms with Crippen LogP contribution in [0.5, 0.6) is 0 Å². The Morgan fingerprint density at radius 2 is 2.29 bits per heavy atom. The molecule has 4 heteroatoms. The van der Waals surface area contributed by atoms with Gasteiger partial charge in [-0.15, -0.1) is 0 Å². The van der Waals surface area contributed by atoms with E-state index in [-0.39, 0.29) is 12.5 Å². The minimum absolute atomic E-state index is 0.0371. The summed E-state index contributed by atoms with van der Waals surface area (Å²) < 4.78 is 0. The number of carbonyl (C=O) groups is 1. The fraction of sp³-hybridized carbons (Fsp3) is 0.471. The fourth-order valence-corrected chi connectivity index (χ4v) is 2.55. The minimum atomic E-state index is -0.0794.